The minimum atomic E-state index is -0.248. The van der Waals surface area contributed by atoms with E-state index in [4.69, 9.17) is 22.7 Å². The topological polar surface area (TPSA) is 64.3 Å². The lowest BCUT2D eigenvalue weighted by Gasteiger charge is -2.40. The maximum absolute atomic E-state index is 11.9. The molecule has 0 spiro atoms. The molecular formula is C12H22N2O2S. The lowest BCUT2D eigenvalue weighted by Crippen LogP contribution is -2.50. The number of nitrogens with one attached hydrogen (secondary N) is 1. The van der Waals surface area contributed by atoms with Crippen LogP contribution >= 0.6 is 12.2 Å². The van der Waals surface area contributed by atoms with Gasteiger partial charge in [-0.2, -0.15) is 0 Å². The highest BCUT2D eigenvalue weighted by atomic mass is 32.1. The minimum absolute atomic E-state index is 0.0296. The number of methoxy groups -OCH3 is 1. The first-order chi connectivity index (χ1) is 7.90. The van der Waals surface area contributed by atoms with Gasteiger partial charge >= 0.3 is 0 Å². The molecule has 1 saturated carbocycles. The zero-order valence-corrected chi connectivity index (χ0v) is 11.6. The monoisotopic (exact) mass is 258 g/mol. The molecule has 4 nitrogen and oxygen atoms in total. The largest absolute Gasteiger partial charge is 0.392 e. The van der Waals surface area contributed by atoms with Gasteiger partial charge in [0.2, 0.25) is 5.91 Å². The van der Waals surface area contributed by atoms with Crippen LogP contribution in [0.25, 0.3) is 0 Å². The third kappa shape index (κ3) is 3.64. The normalized spacial score (nSPS) is 19.5. The van der Waals surface area contributed by atoms with Gasteiger partial charge < -0.3 is 15.8 Å². The predicted molar refractivity (Wildman–Crippen MR) is 71.8 cm³/mol. The highest BCUT2D eigenvalue weighted by Crippen LogP contribution is 2.37. The summed E-state index contributed by atoms with van der Waals surface area (Å²) in [6.07, 6.45) is 3.44. The smallest absolute Gasteiger partial charge is 0.223 e. The van der Waals surface area contributed by atoms with Gasteiger partial charge in [-0.25, -0.2) is 0 Å². The lowest BCUT2D eigenvalue weighted by atomic mass is 9.77. The second-order valence-electron chi connectivity index (χ2n) is 5.11. The summed E-state index contributed by atoms with van der Waals surface area (Å²) < 4.78 is 5.42. The Kier molecular flexibility index (Phi) is 4.89. The molecule has 1 fully saturated rings. The van der Waals surface area contributed by atoms with Gasteiger partial charge in [-0.05, 0) is 25.2 Å². The first-order valence-corrected chi connectivity index (χ1v) is 6.45. The summed E-state index contributed by atoms with van der Waals surface area (Å²) in [4.78, 5) is 12.3. The fourth-order valence-corrected chi connectivity index (χ4v) is 2.44. The number of carbonyl (C=O) groups excluding carboxylic acids is 1. The zero-order chi connectivity index (χ0) is 13.1. The van der Waals surface area contributed by atoms with Gasteiger partial charge in [0.1, 0.15) is 0 Å². The SMILES string of the molecule is COC1(CC(=O)NC(C(N)=S)C(C)C)CCC1. The van der Waals surface area contributed by atoms with E-state index in [0.717, 1.165) is 19.3 Å². The summed E-state index contributed by atoms with van der Waals surface area (Å²) in [6, 6.07) is -0.230. The molecule has 1 unspecified atom stereocenters. The zero-order valence-electron chi connectivity index (χ0n) is 10.8. The molecule has 1 amide bonds. The molecule has 3 N–H and O–H groups in total. The fraction of sp³-hybridized carbons (Fsp3) is 0.833. The summed E-state index contributed by atoms with van der Waals surface area (Å²) in [5.74, 6) is 0.175. The van der Waals surface area contributed by atoms with Crippen molar-refractivity contribution in [3.05, 3.63) is 0 Å². The predicted octanol–water partition coefficient (Wildman–Crippen LogP) is 1.37. The summed E-state index contributed by atoms with van der Waals surface area (Å²) in [6.45, 7) is 3.97. The Hall–Kier alpha value is -0.680. The van der Waals surface area contributed by atoms with Crippen molar-refractivity contribution in [2.24, 2.45) is 11.7 Å². The molecule has 5 heteroatoms. The Bertz CT molecular complexity index is 295. The Morgan fingerprint density at radius 1 is 1.53 bits per heavy atom. The van der Waals surface area contributed by atoms with Crippen LogP contribution in [0.15, 0.2) is 0 Å². The van der Waals surface area contributed by atoms with Crippen LogP contribution in [-0.4, -0.2) is 29.6 Å². The molecule has 0 aromatic rings. The number of hydrogen-bond acceptors (Lipinski definition) is 3. The van der Waals surface area contributed by atoms with Crippen LogP contribution in [0.2, 0.25) is 0 Å². The number of amides is 1. The summed E-state index contributed by atoms with van der Waals surface area (Å²) in [5.41, 5.74) is 5.37. The first-order valence-electron chi connectivity index (χ1n) is 6.04. The Morgan fingerprint density at radius 2 is 2.12 bits per heavy atom. The molecule has 1 aliphatic rings. The molecule has 0 aliphatic heterocycles. The number of nitrogens with two attached hydrogens (primary N) is 1. The van der Waals surface area contributed by atoms with Crippen molar-refractivity contribution in [2.75, 3.05) is 7.11 Å². The molecule has 0 aromatic heterocycles. The molecular weight excluding hydrogens is 236 g/mol. The van der Waals surface area contributed by atoms with Crippen LogP contribution in [0, 0.1) is 5.92 Å². The summed E-state index contributed by atoms with van der Waals surface area (Å²) in [5, 5.41) is 2.89. The third-order valence-electron chi connectivity index (χ3n) is 3.47. The Labute approximate surface area is 108 Å². The van der Waals surface area contributed by atoms with Gasteiger partial charge in [-0.3, -0.25) is 4.79 Å². The van der Waals surface area contributed by atoms with E-state index in [1.165, 1.54) is 0 Å². The molecule has 0 bridgehead atoms. The Balaban J connectivity index is 2.50. The van der Waals surface area contributed by atoms with Gasteiger partial charge in [-0.1, -0.05) is 26.1 Å². The van der Waals surface area contributed by atoms with E-state index in [9.17, 15) is 4.79 Å². The lowest BCUT2D eigenvalue weighted by molar-refractivity contribution is -0.134. The van der Waals surface area contributed by atoms with Gasteiger partial charge in [0.15, 0.2) is 0 Å². The first kappa shape index (κ1) is 14.4. The van der Waals surface area contributed by atoms with Gasteiger partial charge in [0.25, 0.3) is 0 Å². The van der Waals surface area contributed by atoms with E-state index in [2.05, 4.69) is 5.32 Å². The molecule has 17 heavy (non-hydrogen) atoms. The van der Waals surface area contributed by atoms with Crippen LogP contribution in [-0.2, 0) is 9.53 Å². The van der Waals surface area contributed by atoms with Crippen LogP contribution in [0.4, 0.5) is 0 Å². The third-order valence-corrected chi connectivity index (χ3v) is 3.72. The van der Waals surface area contributed by atoms with E-state index in [-0.39, 0.29) is 23.5 Å². The second-order valence-corrected chi connectivity index (χ2v) is 5.58. The molecule has 98 valence electrons. The van der Waals surface area contributed by atoms with E-state index >= 15 is 0 Å². The van der Waals surface area contributed by atoms with Gasteiger partial charge in [0.05, 0.1) is 23.1 Å². The standard InChI is InChI=1S/C12H22N2O2S/c1-8(2)10(11(13)17)14-9(15)7-12(16-3)5-4-6-12/h8,10H,4-7H2,1-3H3,(H2,13,17)(H,14,15). The van der Waals surface area contributed by atoms with Crippen molar-refractivity contribution >= 4 is 23.1 Å². The quantitative estimate of drug-likeness (QED) is 0.706. The number of ether oxygens (including phenoxy) is 1. The maximum atomic E-state index is 11.9. The minimum Gasteiger partial charge on any atom is -0.392 e. The molecule has 0 radical (unpaired) electrons. The molecule has 1 atom stereocenters. The molecule has 0 aromatic carbocycles. The van der Waals surface area contributed by atoms with Crippen molar-refractivity contribution in [1.29, 1.82) is 0 Å². The highest BCUT2D eigenvalue weighted by molar-refractivity contribution is 7.80. The number of thiocarbonyl (C=S) groups is 1. The van der Waals surface area contributed by atoms with Crippen molar-refractivity contribution in [3.63, 3.8) is 0 Å². The fourth-order valence-electron chi connectivity index (χ4n) is 2.11. The molecule has 0 saturated heterocycles. The van der Waals surface area contributed by atoms with E-state index in [0.29, 0.717) is 11.4 Å². The second kappa shape index (κ2) is 5.78. The van der Waals surface area contributed by atoms with E-state index < -0.39 is 0 Å². The van der Waals surface area contributed by atoms with Crippen molar-refractivity contribution < 1.29 is 9.53 Å². The van der Waals surface area contributed by atoms with Crippen LogP contribution in [0.1, 0.15) is 39.5 Å². The molecule has 1 rings (SSSR count). The van der Waals surface area contributed by atoms with Crippen LogP contribution in [0.3, 0.4) is 0 Å². The van der Waals surface area contributed by atoms with Gasteiger partial charge in [0, 0.05) is 7.11 Å². The number of carbonyl (C=O) groups is 1. The van der Waals surface area contributed by atoms with Crippen molar-refractivity contribution in [1.82, 2.24) is 5.32 Å². The number of rotatable bonds is 6. The summed E-state index contributed by atoms with van der Waals surface area (Å²) >= 11 is 4.96. The average Bonchev–Trinajstić information content (AvgIpc) is 2.19. The summed E-state index contributed by atoms with van der Waals surface area (Å²) in [7, 11) is 1.67. The molecule has 1 aliphatic carbocycles. The Morgan fingerprint density at radius 3 is 2.41 bits per heavy atom. The van der Waals surface area contributed by atoms with Crippen molar-refractivity contribution in [3.8, 4) is 0 Å². The van der Waals surface area contributed by atoms with Crippen molar-refractivity contribution in [2.45, 2.75) is 51.2 Å². The highest BCUT2D eigenvalue weighted by Gasteiger charge is 2.39. The average molecular weight is 258 g/mol. The van der Waals surface area contributed by atoms with Crippen LogP contribution in [0.5, 0.6) is 0 Å². The number of hydrogen-bond donors (Lipinski definition) is 2. The van der Waals surface area contributed by atoms with E-state index in [1.807, 2.05) is 13.8 Å². The molecule has 0 heterocycles. The maximum Gasteiger partial charge on any atom is 0.223 e. The van der Waals surface area contributed by atoms with Crippen LogP contribution < -0.4 is 11.1 Å². The van der Waals surface area contributed by atoms with E-state index in [1.54, 1.807) is 7.11 Å². The van der Waals surface area contributed by atoms with Gasteiger partial charge in [-0.15, -0.1) is 0 Å².